The Morgan fingerprint density at radius 3 is 2.68 bits per heavy atom. The van der Waals surface area contributed by atoms with Crippen LogP contribution >= 0.6 is 0 Å². The summed E-state index contributed by atoms with van der Waals surface area (Å²) in [7, 11) is 1.70. The minimum Gasteiger partial charge on any atom is -0.490 e. The average Bonchev–Trinajstić information content (AvgIpc) is 3.11. The summed E-state index contributed by atoms with van der Waals surface area (Å²) in [6.07, 6.45) is 0. The van der Waals surface area contributed by atoms with Crippen LogP contribution in [0.4, 0.5) is 0 Å². The van der Waals surface area contributed by atoms with Gasteiger partial charge in [-0.3, -0.25) is 9.79 Å². The van der Waals surface area contributed by atoms with Crippen LogP contribution in [0.25, 0.3) is 11.0 Å². The zero-order valence-corrected chi connectivity index (χ0v) is 17.7. The highest BCUT2D eigenvalue weighted by atomic mass is 16.5. The van der Waals surface area contributed by atoms with E-state index < -0.39 is 5.41 Å². The standard InChI is InChI=1S/C21H32N4O3/c1-7-23-19(26)21(4,5)13-24-20(22-6)25-14(3)17-12-15-10-9-11-16(27-8-2)18(15)28-17/h9-12,14H,7-8,13H2,1-6H3,(H,23,26)(H2,22,24,25). The van der Waals surface area contributed by atoms with Gasteiger partial charge in [0, 0.05) is 25.5 Å². The van der Waals surface area contributed by atoms with Crippen LogP contribution < -0.4 is 20.7 Å². The number of rotatable bonds is 8. The van der Waals surface area contributed by atoms with Crippen LogP contribution in [0.2, 0.25) is 0 Å². The third kappa shape index (κ3) is 5.18. The van der Waals surface area contributed by atoms with Gasteiger partial charge in [-0.25, -0.2) is 0 Å². The molecule has 1 aromatic heterocycles. The van der Waals surface area contributed by atoms with E-state index >= 15 is 0 Å². The molecule has 0 saturated carbocycles. The van der Waals surface area contributed by atoms with E-state index in [1.807, 2.05) is 58.9 Å². The molecule has 2 aromatic rings. The van der Waals surface area contributed by atoms with Crippen LogP contribution in [0.1, 0.15) is 46.4 Å². The fourth-order valence-corrected chi connectivity index (χ4v) is 2.79. The Morgan fingerprint density at radius 2 is 2.04 bits per heavy atom. The minimum atomic E-state index is -0.553. The van der Waals surface area contributed by atoms with Crippen molar-refractivity contribution in [2.75, 3.05) is 26.7 Å². The van der Waals surface area contributed by atoms with Gasteiger partial charge in [-0.15, -0.1) is 0 Å². The third-order valence-electron chi connectivity index (χ3n) is 4.48. The molecule has 0 saturated heterocycles. The molecular weight excluding hydrogens is 356 g/mol. The van der Waals surface area contributed by atoms with E-state index in [1.54, 1.807) is 7.05 Å². The first-order valence-electron chi connectivity index (χ1n) is 9.73. The fraction of sp³-hybridized carbons (Fsp3) is 0.524. The largest absolute Gasteiger partial charge is 0.490 e. The maximum atomic E-state index is 12.2. The van der Waals surface area contributed by atoms with Gasteiger partial charge in [-0.2, -0.15) is 0 Å². The highest BCUT2D eigenvalue weighted by molar-refractivity contribution is 5.85. The zero-order chi connectivity index (χ0) is 20.7. The molecule has 154 valence electrons. The van der Waals surface area contributed by atoms with Gasteiger partial charge in [0.05, 0.1) is 18.1 Å². The van der Waals surface area contributed by atoms with Crippen LogP contribution in [0.15, 0.2) is 33.7 Å². The quantitative estimate of drug-likeness (QED) is 0.477. The molecule has 0 spiro atoms. The summed E-state index contributed by atoms with van der Waals surface area (Å²) in [4.78, 5) is 16.4. The first kappa shape index (κ1) is 21.6. The number of carbonyl (C=O) groups excluding carboxylic acids is 1. The maximum absolute atomic E-state index is 12.2. The normalized spacial score (nSPS) is 13.3. The maximum Gasteiger partial charge on any atom is 0.227 e. The van der Waals surface area contributed by atoms with Crippen LogP contribution in [0.3, 0.4) is 0 Å². The van der Waals surface area contributed by atoms with Gasteiger partial charge < -0.3 is 25.1 Å². The number of nitrogens with one attached hydrogen (secondary N) is 3. The number of aliphatic imine (C=N–C) groups is 1. The van der Waals surface area contributed by atoms with Crippen LogP contribution in [0.5, 0.6) is 5.75 Å². The van der Waals surface area contributed by atoms with E-state index in [9.17, 15) is 4.79 Å². The molecule has 3 N–H and O–H groups in total. The molecule has 1 unspecified atom stereocenters. The van der Waals surface area contributed by atoms with Crippen LogP contribution in [0, 0.1) is 5.41 Å². The van der Waals surface area contributed by atoms with Crippen molar-refractivity contribution in [1.29, 1.82) is 0 Å². The predicted molar refractivity (Wildman–Crippen MR) is 113 cm³/mol. The highest BCUT2D eigenvalue weighted by Crippen LogP contribution is 2.31. The number of benzene rings is 1. The molecule has 1 aromatic carbocycles. The molecule has 28 heavy (non-hydrogen) atoms. The number of para-hydroxylation sites is 1. The lowest BCUT2D eigenvalue weighted by Crippen LogP contribution is -2.48. The van der Waals surface area contributed by atoms with Crippen molar-refractivity contribution in [2.45, 2.75) is 40.7 Å². The van der Waals surface area contributed by atoms with E-state index in [0.29, 0.717) is 25.7 Å². The summed E-state index contributed by atoms with van der Waals surface area (Å²) in [5.74, 6) is 2.14. The Kier molecular flexibility index (Phi) is 7.31. The number of nitrogens with zero attached hydrogens (tertiary/aromatic N) is 1. The smallest absolute Gasteiger partial charge is 0.227 e. The van der Waals surface area contributed by atoms with Crippen LogP contribution in [-0.4, -0.2) is 38.6 Å². The van der Waals surface area contributed by atoms with Crippen molar-refractivity contribution in [3.05, 3.63) is 30.0 Å². The molecule has 0 aliphatic rings. The van der Waals surface area contributed by atoms with Gasteiger partial charge in [0.2, 0.25) is 5.91 Å². The molecule has 7 heteroatoms. The summed E-state index contributed by atoms with van der Waals surface area (Å²) < 4.78 is 11.7. The number of hydrogen-bond donors (Lipinski definition) is 3. The number of guanidine groups is 1. The molecule has 0 bridgehead atoms. The molecule has 1 heterocycles. The Bertz CT molecular complexity index is 826. The van der Waals surface area contributed by atoms with Crippen molar-refractivity contribution in [3.8, 4) is 5.75 Å². The molecular formula is C21H32N4O3. The van der Waals surface area contributed by atoms with Crippen molar-refractivity contribution < 1.29 is 13.9 Å². The molecule has 0 aliphatic heterocycles. The number of furan rings is 1. The van der Waals surface area contributed by atoms with Gasteiger partial charge in [-0.05, 0) is 46.8 Å². The fourth-order valence-electron chi connectivity index (χ4n) is 2.79. The Labute approximate surface area is 166 Å². The Balaban J connectivity index is 2.06. The second kappa shape index (κ2) is 9.48. The van der Waals surface area contributed by atoms with E-state index in [-0.39, 0.29) is 11.9 Å². The van der Waals surface area contributed by atoms with Crippen LogP contribution in [-0.2, 0) is 4.79 Å². The Morgan fingerprint density at radius 1 is 1.29 bits per heavy atom. The monoisotopic (exact) mass is 388 g/mol. The van der Waals surface area contributed by atoms with Crippen molar-refractivity contribution in [1.82, 2.24) is 16.0 Å². The number of hydrogen-bond acceptors (Lipinski definition) is 4. The molecule has 0 aliphatic carbocycles. The summed E-state index contributed by atoms with van der Waals surface area (Å²) in [5.41, 5.74) is 0.191. The molecule has 0 radical (unpaired) electrons. The predicted octanol–water partition coefficient (Wildman–Crippen LogP) is 3.22. The first-order chi connectivity index (χ1) is 13.3. The van der Waals surface area contributed by atoms with E-state index in [1.165, 1.54) is 0 Å². The summed E-state index contributed by atoms with van der Waals surface area (Å²) in [6, 6.07) is 7.75. The van der Waals surface area contributed by atoms with Crippen molar-refractivity contribution in [3.63, 3.8) is 0 Å². The number of ether oxygens (including phenoxy) is 1. The van der Waals surface area contributed by atoms with Gasteiger partial charge in [0.15, 0.2) is 17.3 Å². The highest BCUT2D eigenvalue weighted by Gasteiger charge is 2.27. The van der Waals surface area contributed by atoms with Gasteiger partial charge >= 0.3 is 0 Å². The van der Waals surface area contributed by atoms with Gasteiger partial charge in [0.1, 0.15) is 5.76 Å². The summed E-state index contributed by atoms with van der Waals surface area (Å²) in [6.45, 7) is 11.3. The second-order valence-corrected chi connectivity index (χ2v) is 7.29. The molecule has 1 atom stereocenters. The number of fused-ring (bicyclic) bond motifs is 1. The lowest BCUT2D eigenvalue weighted by molar-refractivity contribution is -0.128. The summed E-state index contributed by atoms with van der Waals surface area (Å²) >= 11 is 0. The van der Waals surface area contributed by atoms with Gasteiger partial charge in [-0.1, -0.05) is 12.1 Å². The third-order valence-corrected chi connectivity index (χ3v) is 4.48. The molecule has 1 amide bonds. The number of carbonyl (C=O) groups is 1. The molecule has 2 rings (SSSR count). The Hall–Kier alpha value is -2.70. The summed E-state index contributed by atoms with van der Waals surface area (Å²) in [5, 5.41) is 10.4. The lowest BCUT2D eigenvalue weighted by atomic mass is 9.92. The van der Waals surface area contributed by atoms with Crippen molar-refractivity contribution in [2.24, 2.45) is 10.4 Å². The van der Waals surface area contributed by atoms with E-state index in [0.717, 1.165) is 22.5 Å². The second-order valence-electron chi connectivity index (χ2n) is 7.29. The van der Waals surface area contributed by atoms with Gasteiger partial charge in [0.25, 0.3) is 0 Å². The molecule has 7 nitrogen and oxygen atoms in total. The first-order valence-corrected chi connectivity index (χ1v) is 9.73. The van der Waals surface area contributed by atoms with Crippen molar-refractivity contribution >= 4 is 22.8 Å². The SMILES string of the molecule is CCNC(=O)C(C)(C)CNC(=NC)NC(C)c1cc2cccc(OCC)c2o1. The zero-order valence-electron chi connectivity index (χ0n) is 17.7. The average molecular weight is 389 g/mol. The van der Waals surface area contributed by atoms with E-state index in [2.05, 4.69) is 20.9 Å². The lowest BCUT2D eigenvalue weighted by Gasteiger charge is -2.25. The minimum absolute atomic E-state index is 0.00624. The topological polar surface area (TPSA) is 87.9 Å². The van der Waals surface area contributed by atoms with E-state index in [4.69, 9.17) is 9.15 Å². The number of amides is 1. The molecule has 0 fully saturated rings.